The number of nitro groups is 2. The second-order valence-electron chi connectivity index (χ2n) is 7.63. The summed E-state index contributed by atoms with van der Waals surface area (Å²) in [5.74, 6) is -1.84. The van der Waals surface area contributed by atoms with Crippen molar-refractivity contribution in [2.24, 2.45) is 5.92 Å². The first-order valence-corrected chi connectivity index (χ1v) is 9.85. The lowest BCUT2D eigenvalue weighted by Crippen LogP contribution is -2.49. The number of carboxylic acid groups (broad SMARTS) is 1. The van der Waals surface area contributed by atoms with E-state index in [1.807, 2.05) is 13.8 Å². The number of hydrogen-bond donors (Lipinski definition) is 3. The number of anilines is 1. The van der Waals surface area contributed by atoms with Gasteiger partial charge in [-0.2, -0.15) is 0 Å². The van der Waals surface area contributed by atoms with Crippen molar-refractivity contribution in [2.45, 2.75) is 38.8 Å². The van der Waals surface area contributed by atoms with E-state index in [1.165, 1.54) is 0 Å². The van der Waals surface area contributed by atoms with Gasteiger partial charge in [0.15, 0.2) is 0 Å². The molecule has 1 amide bonds. The van der Waals surface area contributed by atoms with E-state index in [0.29, 0.717) is 0 Å². The first kappa shape index (κ1) is 24.3. The number of carbonyl (C=O) groups is 2. The van der Waals surface area contributed by atoms with Crippen molar-refractivity contribution in [3.05, 3.63) is 74.3 Å². The van der Waals surface area contributed by atoms with Gasteiger partial charge in [0.2, 0.25) is 5.91 Å². The molecule has 0 spiro atoms. The molecule has 2 aromatic carbocycles. The molecule has 0 fully saturated rings. The maximum Gasteiger partial charge on any atom is 0.326 e. The summed E-state index contributed by atoms with van der Waals surface area (Å²) in [5.41, 5.74) is -0.385. The Morgan fingerprint density at radius 1 is 1.00 bits per heavy atom. The number of nitrogens with zero attached hydrogens (tertiary/aromatic N) is 2. The average molecular weight is 444 g/mol. The summed E-state index contributed by atoms with van der Waals surface area (Å²) in [5, 5.41) is 37.1. The van der Waals surface area contributed by atoms with Crippen LogP contribution in [-0.2, 0) is 16.0 Å². The van der Waals surface area contributed by atoms with Gasteiger partial charge in [-0.3, -0.25) is 25.0 Å². The summed E-state index contributed by atoms with van der Waals surface area (Å²) in [6.45, 7) is 3.64. The molecule has 0 saturated carbocycles. The monoisotopic (exact) mass is 444 g/mol. The molecule has 0 unspecified atom stereocenters. The molecule has 3 N–H and O–H groups in total. The second kappa shape index (κ2) is 10.8. The number of amides is 1. The van der Waals surface area contributed by atoms with E-state index in [9.17, 15) is 34.9 Å². The maximum atomic E-state index is 13.0. The number of nitrogens with one attached hydrogen (secondary N) is 2. The number of carboxylic acids is 1. The second-order valence-corrected chi connectivity index (χ2v) is 7.63. The first-order chi connectivity index (χ1) is 15.1. The van der Waals surface area contributed by atoms with E-state index in [4.69, 9.17) is 0 Å². The third kappa shape index (κ3) is 6.76. The maximum absolute atomic E-state index is 13.0. The van der Waals surface area contributed by atoms with Gasteiger partial charge in [0.05, 0.1) is 15.9 Å². The molecule has 0 aliphatic heterocycles. The van der Waals surface area contributed by atoms with Crippen LogP contribution in [0.1, 0.15) is 25.8 Å². The van der Waals surface area contributed by atoms with E-state index in [2.05, 4.69) is 10.6 Å². The fourth-order valence-corrected chi connectivity index (χ4v) is 3.12. The molecule has 2 atom stereocenters. The summed E-state index contributed by atoms with van der Waals surface area (Å²) >= 11 is 0. The van der Waals surface area contributed by atoms with Crippen molar-refractivity contribution in [3.8, 4) is 0 Å². The number of carbonyl (C=O) groups excluding carboxylic acids is 1. The van der Waals surface area contributed by atoms with E-state index in [0.717, 1.165) is 23.8 Å². The normalized spacial score (nSPS) is 12.6. The van der Waals surface area contributed by atoms with Crippen LogP contribution in [0.3, 0.4) is 0 Å². The zero-order valence-electron chi connectivity index (χ0n) is 17.6. The highest BCUT2D eigenvalue weighted by molar-refractivity contribution is 5.89. The van der Waals surface area contributed by atoms with Crippen LogP contribution in [-0.4, -0.2) is 38.9 Å². The Bertz CT molecular complexity index is 995. The quantitative estimate of drug-likeness (QED) is 0.351. The standard InChI is InChI=1S/C21H24N4O7/c1-13(2)10-18(21(27)28)23-20(26)17(11-14-6-4-3-5-7-14)22-16-9-8-15(24(29)30)12-19(16)25(31)32/h3-9,12-13,17-18,22H,10-11H2,1-2H3,(H,23,26)(H,27,28)/t17-,18-/m0/s1. The van der Waals surface area contributed by atoms with Gasteiger partial charge in [-0.05, 0) is 24.0 Å². The fraction of sp³-hybridized carbons (Fsp3) is 0.333. The van der Waals surface area contributed by atoms with Crippen LogP contribution in [0.2, 0.25) is 0 Å². The molecule has 170 valence electrons. The fourth-order valence-electron chi connectivity index (χ4n) is 3.12. The van der Waals surface area contributed by atoms with Gasteiger partial charge in [0.25, 0.3) is 11.4 Å². The van der Waals surface area contributed by atoms with Crippen LogP contribution >= 0.6 is 0 Å². The summed E-state index contributed by atoms with van der Waals surface area (Å²) in [6, 6.07) is 9.69. The van der Waals surface area contributed by atoms with Gasteiger partial charge >= 0.3 is 5.97 Å². The highest BCUT2D eigenvalue weighted by Crippen LogP contribution is 2.30. The SMILES string of the molecule is CC(C)C[C@H](NC(=O)[C@H](Cc1ccccc1)Nc1ccc([N+](=O)[O-])cc1[N+](=O)[O-])C(=O)O. The molecule has 0 aliphatic carbocycles. The van der Waals surface area contributed by atoms with Crippen LogP contribution in [0.4, 0.5) is 17.1 Å². The molecule has 32 heavy (non-hydrogen) atoms. The zero-order chi connectivity index (χ0) is 23.8. The summed E-state index contributed by atoms with van der Waals surface area (Å²) in [7, 11) is 0. The Hall–Kier alpha value is -4.02. The van der Waals surface area contributed by atoms with Gasteiger partial charge in [-0.15, -0.1) is 0 Å². The zero-order valence-corrected chi connectivity index (χ0v) is 17.6. The molecule has 11 heteroatoms. The predicted octanol–water partition coefficient (Wildman–Crippen LogP) is 3.14. The molecule has 2 rings (SSSR count). The molecule has 0 aromatic heterocycles. The van der Waals surface area contributed by atoms with Gasteiger partial charge in [0.1, 0.15) is 17.8 Å². The number of nitro benzene ring substituents is 2. The van der Waals surface area contributed by atoms with Crippen LogP contribution in [0.15, 0.2) is 48.5 Å². The number of rotatable bonds is 11. The average Bonchev–Trinajstić information content (AvgIpc) is 2.73. The van der Waals surface area contributed by atoms with Crippen molar-refractivity contribution in [1.82, 2.24) is 5.32 Å². The molecule has 0 saturated heterocycles. The van der Waals surface area contributed by atoms with Crippen molar-refractivity contribution >= 4 is 28.9 Å². The number of benzene rings is 2. The summed E-state index contributed by atoms with van der Waals surface area (Å²) in [6.07, 6.45) is 0.311. The van der Waals surface area contributed by atoms with E-state index in [1.54, 1.807) is 30.3 Å². The molecular weight excluding hydrogens is 420 g/mol. The highest BCUT2D eigenvalue weighted by Gasteiger charge is 2.28. The van der Waals surface area contributed by atoms with Gasteiger partial charge in [0, 0.05) is 12.5 Å². The lowest BCUT2D eigenvalue weighted by atomic mass is 10.0. The lowest BCUT2D eigenvalue weighted by molar-refractivity contribution is -0.393. The predicted molar refractivity (Wildman–Crippen MR) is 116 cm³/mol. The van der Waals surface area contributed by atoms with Crippen molar-refractivity contribution in [3.63, 3.8) is 0 Å². The Labute approximate surface area is 183 Å². The van der Waals surface area contributed by atoms with E-state index in [-0.39, 0.29) is 24.4 Å². The van der Waals surface area contributed by atoms with Crippen molar-refractivity contribution in [2.75, 3.05) is 5.32 Å². The van der Waals surface area contributed by atoms with Crippen LogP contribution < -0.4 is 10.6 Å². The minimum atomic E-state index is -1.19. The molecule has 2 aromatic rings. The smallest absolute Gasteiger partial charge is 0.326 e. The molecular formula is C21H24N4O7. The van der Waals surface area contributed by atoms with Crippen LogP contribution in [0, 0.1) is 26.1 Å². The largest absolute Gasteiger partial charge is 0.480 e. The Morgan fingerprint density at radius 3 is 2.19 bits per heavy atom. The van der Waals surface area contributed by atoms with Gasteiger partial charge in [-0.25, -0.2) is 4.79 Å². The minimum Gasteiger partial charge on any atom is -0.480 e. The Morgan fingerprint density at radius 2 is 1.66 bits per heavy atom. The van der Waals surface area contributed by atoms with Crippen molar-refractivity contribution in [1.29, 1.82) is 0 Å². The van der Waals surface area contributed by atoms with Crippen molar-refractivity contribution < 1.29 is 24.5 Å². The molecule has 0 heterocycles. The molecule has 11 nitrogen and oxygen atoms in total. The molecule has 0 bridgehead atoms. The summed E-state index contributed by atoms with van der Waals surface area (Å²) in [4.78, 5) is 45.4. The highest BCUT2D eigenvalue weighted by atomic mass is 16.6. The van der Waals surface area contributed by atoms with E-state index < -0.39 is 45.2 Å². The number of hydrogen-bond acceptors (Lipinski definition) is 7. The van der Waals surface area contributed by atoms with E-state index >= 15 is 0 Å². The minimum absolute atomic E-state index is 0.00712. The summed E-state index contributed by atoms with van der Waals surface area (Å²) < 4.78 is 0. The molecule has 0 aliphatic rings. The molecule has 0 radical (unpaired) electrons. The topological polar surface area (TPSA) is 165 Å². The number of non-ortho nitro benzene ring substituents is 1. The van der Waals surface area contributed by atoms with Gasteiger partial charge in [-0.1, -0.05) is 44.2 Å². The third-order valence-corrected chi connectivity index (χ3v) is 4.64. The van der Waals surface area contributed by atoms with Crippen LogP contribution in [0.25, 0.3) is 0 Å². The third-order valence-electron chi connectivity index (χ3n) is 4.64. The van der Waals surface area contributed by atoms with Crippen LogP contribution in [0.5, 0.6) is 0 Å². The Balaban J connectivity index is 2.37. The van der Waals surface area contributed by atoms with Gasteiger partial charge < -0.3 is 15.7 Å². The lowest BCUT2D eigenvalue weighted by Gasteiger charge is -2.23. The number of aliphatic carboxylic acids is 1. The Kier molecular flexibility index (Phi) is 8.22. The first-order valence-electron chi connectivity index (χ1n) is 9.85.